The molecule has 2 rings (SSSR count). The van der Waals surface area contributed by atoms with Gasteiger partial charge in [0.05, 0.1) is 21.1 Å². The van der Waals surface area contributed by atoms with Crippen LogP contribution in [-0.2, 0) is 10.0 Å². The Morgan fingerprint density at radius 2 is 1.83 bits per heavy atom. The molecule has 2 aromatic carbocycles. The van der Waals surface area contributed by atoms with Gasteiger partial charge in [0.2, 0.25) is 0 Å². The number of sulfonamides is 1. The van der Waals surface area contributed by atoms with Gasteiger partial charge in [0, 0.05) is 11.6 Å². The van der Waals surface area contributed by atoms with Crippen molar-refractivity contribution in [2.75, 3.05) is 4.72 Å². The van der Waals surface area contributed by atoms with E-state index in [-0.39, 0.29) is 27.4 Å². The van der Waals surface area contributed by atoms with Crippen molar-refractivity contribution in [1.29, 1.82) is 0 Å². The van der Waals surface area contributed by atoms with Gasteiger partial charge >= 0.3 is 0 Å². The summed E-state index contributed by atoms with van der Waals surface area (Å²) in [4.78, 5) is 21.4. The molecule has 120 valence electrons. The van der Waals surface area contributed by atoms with Crippen molar-refractivity contribution in [3.05, 3.63) is 63.7 Å². The fourth-order valence-electron chi connectivity index (χ4n) is 2.08. The van der Waals surface area contributed by atoms with Gasteiger partial charge < -0.3 is 5.73 Å². The fraction of sp³-hybridized carbons (Fsp3) is 0.0714. The summed E-state index contributed by atoms with van der Waals surface area (Å²) in [5.74, 6) is -0.793. The maximum Gasteiger partial charge on any atom is 0.273 e. The van der Waals surface area contributed by atoms with E-state index >= 15 is 0 Å². The number of benzene rings is 2. The Morgan fingerprint density at radius 1 is 1.17 bits per heavy atom. The van der Waals surface area contributed by atoms with Crippen LogP contribution in [0.1, 0.15) is 15.9 Å². The van der Waals surface area contributed by atoms with Crippen molar-refractivity contribution < 1.29 is 18.1 Å². The Morgan fingerprint density at radius 3 is 2.43 bits per heavy atom. The van der Waals surface area contributed by atoms with E-state index in [1.54, 1.807) is 0 Å². The second kappa shape index (κ2) is 6.05. The number of nitro groups is 1. The van der Waals surface area contributed by atoms with E-state index in [1.165, 1.54) is 49.4 Å². The number of hydrogen-bond donors (Lipinski definition) is 2. The average molecular weight is 335 g/mol. The Kier molecular flexibility index (Phi) is 4.32. The minimum atomic E-state index is -4.12. The zero-order valence-electron chi connectivity index (χ0n) is 12.0. The number of rotatable bonds is 5. The van der Waals surface area contributed by atoms with E-state index in [0.717, 1.165) is 0 Å². The van der Waals surface area contributed by atoms with E-state index in [2.05, 4.69) is 4.72 Å². The molecule has 2 aromatic rings. The van der Waals surface area contributed by atoms with E-state index in [1.807, 2.05) is 0 Å². The zero-order valence-corrected chi connectivity index (χ0v) is 12.8. The number of primary amides is 1. The molecule has 0 unspecified atom stereocenters. The van der Waals surface area contributed by atoms with Crippen LogP contribution in [0.5, 0.6) is 0 Å². The van der Waals surface area contributed by atoms with Gasteiger partial charge in [0.15, 0.2) is 0 Å². The third-order valence-corrected chi connectivity index (χ3v) is 4.69. The summed E-state index contributed by atoms with van der Waals surface area (Å²) in [5, 5.41) is 10.9. The molecule has 0 bridgehead atoms. The van der Waals surface area contributed by atoms with Crippen LogP contribution >= 0.6 is 0 Å². The highest BCUT2D eigenvalue weighted by molar-refractivity contribution is 7.92. The lowest BCUT2D eigenvalue weighted by atomic mass is 10.2. The van der Waals surface area contributed by atoms with Crippen LogP contribution in [-0.4, -0.2) is 19.2 Å². The molecular weight excluding hydrogens is 322 g/mol. The maximum absolute atomic E-state index is 12.5. The van der Waals surface area contributed by atoms with Crippen molar-refractivity contribution in [1.82, 2.24) is 0 Å². The number of nitrogens with one attached hydrogen (secondary N) is 1. The summed E-state index contributed by atoms with van der Waals surface area (Å²) in [6.45, 7) is 1.34. The highest BCUT2D eigenvalue weighted by atomic mass is 32.2. The Labute approximate surface area is 132 Å². The Bertz CT molecular complexity index is 893. The lowest BCUT2D eigenvalue weighted by Gasteiger charge is -2.12. The van der Waals surface area contributed by atoms with E-state index in [4.69, 9.17) is 5.73 Å². The third-order valence-electron chi connectivity index (χ3n) is 3.18. The standard InChI is InChI=1S/C14H13N3O5S/c1-9-12(17(19)20)7-4-8-13(9)23(21,22)16-11-6-3-2-5-10(11)14(15)18/h2-8,16H,1H3,(H2,15,18). The predicted molar refractivity (Wildman–Crippen MR) is 83.6 cm³/mol. The number of hydrogen-bond acceptors (Lipinski definition) is 5. The second-order valence-electron chi connectivity index (χ2n) is 4.67. The number of nitrogens with two attached hydrogens (primary N) is 1. The van der Waals surface area contributed by atoms with Gasteiger partial charge in [-0.05, 0) is 25.1 Å². The molecule has 8 nitrogen and oxygen atoms in total. The normalized spacial score (nSPS) is 11.0. The minimum Gasteiger partial charge on any atom is -0.366 e. The highest BCUT2D eigenvalue weighted by Crippen LogP contribution is 2.27. The molecule has 0 aliphatic heterocycles. The lowest BCUT2D eigenvalue weighted by Crippen LogP contribution is -2.19. The van der Waals surface area contributed by atoms with Crippen LogP contribution < -0.4 is 10.5 Å². The first-order valence-corrected chi connectivity index (χ1v) is 7.88. The van der Waals surface area contributed by atoms with Crippen LogP contribution in [0.3, 0.4) is 0 Å². The lowest BCUT2D eigenvalue weighted by molar-refractivity contribution is -0.385. The van der Waals surface area contributed by atoms with Crippen LogP contribution in [0.2, 0.25) is 0 Å². The first-order valence-electron chi connectivity index (χ1n) is 6.39. The first kappa shape index (κ1) is 16.4. The van der Waals surface area contributed by atoms with Gasteiger partial charge in [0.1, 0.15) is 0 Å². The molecule has 0 radical (unpaired) electrons. The van der Waals surface area contributed by atoms with E-state index in [9.17, 15) is 23.3 Å². The summed E-state index contributed by atoms with van der Waals surface area (Å²) >= 11 is 0. The fourth-order valence-corrected chi connectivity index (χ4v) is 3.42. The molecule has 0 aromatic heterocycles. The van der Waals surface area contributed by atoms with Gasteiger partial charge in [-0.1, -0.05) is 18.2 Å². The molecule has 0 atom stereocenters. The van der Waals surface area contributed by atoms with Gasteiger partial charge in [-0.2, -0.15) is 0 Å². The molecule has 0 saturated carbocycles. The molecule has 0 aliphatic carbocycles. The molecule has 23 heavy (non-hydrogen) atoms. The number of para-hydroxylation sites is 1. The van der Waals surface area contributed by atoms with Gasteiger partial charge in [0.25, 0.3) is 21.6 Å². The minimum absolute atomic E-state index is 0.000779. The number of nitrogens with zero attached hydrogens (tertiary/aromatic N) is 1. The van der Waals surface area contributed by atoms with Crippen molar-refractivity contribution in [2.45, 2.75) is 11.8 Å². The monoisotopic (exact) mass is 335 g/mol. The molecular formula is C14H13N3O5S. The molecule has 3 N–H and O–H groups in total. The van der Waals surface area contributed by atoms with E-state index in [0.29, 0.717) is 0 Å². The van der Waals surface area contributed by atoms with Gasteiger partial charge in [-0.25, -0.2) is 8.42 Å². The number of nitro benzene ring substituents is 1. The number of anilines is 1. The smallest absolute Gasteiger partial charge is 0.273 e. The van der Waals surface area contributed by atoms with E-state index < -0.39 is 20.9 Å². The summed E-state index contributed by atoms with van der Waals surface area (Å²) in [6, 6.07) is 9.56. The van der Waals surface area contributed by atoms with Crippen molar-refractivity contribution >= 4 is 27.3 Å². The van der Waals surface area contributed by atoms with Crippen LogP contribution in [0.25, 0.3) is 0 Å². The zero-order chi connectivity index (χ0) is 17.2. The molecule has 0 spiro atoms. The second-order valence-corrected chi connectivity index (χ2v) is 6.32. The quantitative estimate of drug-likeness (QED) is 0.635. The number of amides is 1. The SMILES string of the molecule is Cc1c([N+](=O)[O-])cccc1S(=O)(=O)Nc1ccccc1C(N)=O. The summed E-state index contributed by atoms with van der Waals surface area (Å²) in [6.07, 6.45) is 0. The van der Waals surface area contributed by atoms with Gasteiger partial charge in [-0.15, -0.1) is 0 Å². The number of carbonyl (C=O) groups excluding carboxylic acids is 1. The Balaban J connectivity index is 2.51. The molecule has 0 heterocycles. The first-order chi connectivity index (χ1) is 10.7. The summed E-state index contributed by atoms with van der Waals surface area (Å²) < 4.78 is 27.2. The molecule has 0 fully saturated rings. The van der Waals surface area contributed by atoms with Gasteiger partial charge in [-0.3, -0.25) is 19.6 Å². The average Bonchev–Trinajstić information content (AvgIpc) is 2.46. The van der Waals surface area contributed by atoms with Crippen LogP contribution in [0.15, 0.2) is 47.4 Å². The van der Waals surface area contributed by atoms with Crippen LogP contribution in [0, 0.1) is 17.0 Å². The largest absolute Gasteiger partial charge is 0.366 e. The topological polar surface area (TPSA) is 132 Å². The third kappa shape index (κ3) is 3.29. The molecule has 0 aliphatic rings. The Hall–Kier alpha value is -2.94. The molecule has 9 heteroatoms. The maximum atomic E-state index is 12.5. The molecule has 0 saturated heterocycles. The predicted octanol–water partition coefficient (Wildman–Crippen LogP) is 1.80. The van der Waals surface area contributed by atoms with Crippen molar-refractivity contribution in [3.8, 4) is 0 Å². The molecule has 1 amide bonds. The van der Waals surface area contributed by atoms with Crippen molar-refractivity contribution in [2.24, 2.45) is 5.73 Å². The summed E-state index contributed by atoms with van der Waals surface area (Å²) in [5.41, 5.74) is 4.90. The summed E-state index contributed by atoms with van der Waals surface area (Å²) in [7, 11) is -4.12. The van der Waals surface area contributed by atoms with Crippen LogP contribution in [0.4, 0.5) is 11.4 Å². The van der Waals surface area contributed by atoms with Crippen molar-refractivity contribution in [3.63, 3.8) is 0 Å². The highest BCUT2D eigenvalue weighted by Gasteiger charge is 2.24. The number of carbonyl (C=O) groups is 1.